The maximum Gasteiger partial charge on any atom is 0.295 e. The van der Waals surface area contributed by atoms with E-state index < -0.39 is 0 Å². The molecule has 1 N–H and O–H groups in total. The van der Waals surface area contributed by atoms with Crippen LogP contribution in [0, 0.1) is 6.92 Å². The zero-order chi connectivity index (χ0) is 21.8. The summed E-state index contributed by atoms with van der Waals surface area (Å²) in [5.41, 5.74) is 4.27. The molecule has 5 heteroatoms. The predicted octanol–water partition coefficient (Wildman–Crippen LogP) is 4.52. The van der Waals surface area contributed by atoms with Crippen molar-refractivity contribution in [1.82, 2.24) is 9.36 Å². The second-order valence-corrected chi connectivity index (χ2v) is 7.53. The Balaban J connectivity index is 1.61. The number of aryl methyl sites for hydroxylation is 2. The highest BCUT2D eigenvalue weighted by atomic mass is 16.2. The van der Waals surface area contributed by atoms with Crippen molar-refractivity contribution in [2.75, 3.05) is 5.32 Å². The highest BCUT2D eigenvalue weighted by Crippen LogP contribution is 2.18. The molecule has 0 atom stereocenters. The van der Waals surface area contributed by atoms with Crippen molar-refractivity contribution in [1.29, 1.82) is 0 Å². The van der Waals surface area contributed by atoms with Gasteiger partial charge in [-0.1, -0.05) is 66.7 Å². The van der Waals surface area contributed by atoms with Crippen LogP contribution in [0.5, 0.6) is 0 Å². The van der Waals surface area contributed by atoms with Gasteiger partial charge < -0.3 is 5.32 Å². The summed E-state index contributed by atoms with van der Waals surface area (Å²) >= 11 is 0. The molecule has 0 aliphatic heterocycles. The van der Waals surface area contributed by atoms with Gasteiger partial charge in [0.1, 0.15) is 5.69 Å². The van der Waals surface area contributed by atoms with Crippen LogP contribution in [0.25, 0.3) is 5.69 Å². The zero-order valence-electron chi connectivity index (χ0n) is 17.7. The lowest BCUT2D eigenvalue weighted by Crippen LogP contribution is -2.23. The molecule has 0 unspecified atom stereocenters. The Morgan fingerprint density at radius 1 is 0.839 bits per heavy atom. The van der Waals surface area contributed by atoms with Gasteiger partial charge >= 0.3 is 0 Å². The standard InChI is InChI=1S/C26H25N3O2/c1-19-24(26(31)29(28(19)2)22-14-7-4-8-15-22)27-25(30)23-16-10-9-13-21(23)18-17-20-11-5-3-6-12-20/h3-16H,17-18H2,1-2H3,(H,27,30). The molecule has 0 saturated carbocycles. The topological polar surface area (TPSA) is 56.0 Å². The summed E-state index contributed by atoms with van der Waals surface area (Å²) in [6, 6.07) is 27.2. The Bertz CT molecular complexity index is 1260. The number of rotatable bonds is 6. The molecule has 0 aliphatic rings. The second-order valence-electron chi connectivity index (χ2n) is 7.53. The summed E-state index contributed by atoms with van der Waals surface area (Å²) in [4.78, 5) is 26.2. The summed E-state index contributed by atoms with van der Waals surface area (Å²) in [6.45, 7) is 1.83. The van der Waals surface area contributed by atoms with Crippen LogP contribution >= 0.6 is 0 Å². The highest BCUT2D eigenvalue weighted by Gasteiger charge is 2.20. The molecule has 4 aromatic rings. The van der Waals surface area contributed by atoms with Crippen LogP contribution in [0.2, 0.25) is 0 Å². The van der Waals surface area contributed by atoms with Gasteiger partial charge in [0, 0.05) is 12.6 Å². The van der Waals surface area contributed by atoms with Crippen LogP contribution < -0.4 is 10.9 Å². The van der Waals surface area contributed by atoms with Gasteiger partial charge in [0.2, 0.25) is 0 Å². The summed E-state index contributed by atoms with van der Waals surface area (Å²) < 4.78 is 3.32. The molecule has 0 aliphatic carbocycles. The fraction of sp³-hybridized carbons (Fsp3) is 0.154. The number of para-hydroxylation sites is 1. The molecule has 0 fully saturated rings. The predicted molar refractivity (Wildman–Crippen MR) is 124 cm³/mol. The molecule has 0 bridgehead atoms. The SMILES string of the molecule is Cc1c(NC(=O)c2ccccc2CCc2ccccc2)c(=O)n(-c2ccccc2)n1C. The van der Waals surface area contributed by atoms with E-state index in [1.807, 2.05) is 86.8 Å². The maximum atomic E-state index is 13.1. The maximum absolute atomic E-state index is 13.1. The van der Waals surface area contributed by atoms with Crippen molar-refractivity contribution in [3.63, 3.8) is 0 Å². The van der Waals surface area contributed by atoms with Gasteiger partial charge in [0.15, 0.2) is 0 Å². The number of hydrogen-bond donors (Lipinski definition) is 1. The number of hydrogen-bond acceptors (Lipinski definition) is 2. The number of anilines is 1. The summed E-state index contributed by atoms with van der Waals surface area (Å²) in [7, 11) is 1.81. The Morgan fingerprint density at radius 3 is 2.16 bits per heavy atom. The van der Waals surface area contributed by atoms with E-state index in [1.165, 1.54) is 5.56 Å². The minimum atomic E-state index is -0.269. The molecule has 4 rings (SSSR count). The molecule has 0 radical (unpaired) electrons. The smallest absolute Gasteiger partial charge is 0.295 e. The van der Waals surface area contributed by atoms with Crippen LogP contribution in [0.15, 0.2) is 89.7 Å². The highest BCUT2D eigenvalue weighted by molar-refractivity contribution is 6.05. The lowest BCUT2D eigenvalue weighted by Gasteiger charge is -2.10. The molecule has 5 nitrogen and oxygen atoms in total. The molecular formula is C26H25N3O2. The first kappa shape index (κ1) is 20.4. The molecule has 1 aromatic heterocycles. The average molecular weight is 412 g/mol. The van der Waals surface area contributed by atoms with Crippen LogP contribution in [-0.4, -0.2) is 15.3 Å². The Morgan fingerprint density at radius 2 is 1.45 bits per heavy atom. The van der Waals surface area contributed by atoms with Gasteiger partial charge in [-0.15, -0.1) is 0 Å². The molecular weight excluding hydrogens is 386 g/mol. The Kier molecular flexibility index (Phi) is 5.85. The normalized spacial score (nSPS) is 10.8. The van der Waals surface area contributed by atoms with Crippen LogP contribution in [0.4, 0.5) is 5.69 Å². The van der Waals surface area contributed by atoms with E-state index in [0.717, 1.165) is 24.1 Å². The number of nitrogens with zero attached hydrogens (tertiary/aromatic N) is 2. The summed E-state index contributed by atoms with van der Waals surface area (Å²) in [6.07, 6.45) is 1.59. The molecule has 156 valence electrons. The summed E-state index contributed by atoms with van der Waals surface area (Å²) in [5.74, 6) is -0.269. The van der Waals surface area contributed by atoms with Crippen molar-refractivity contribution < 1.29 is 4.79 Å². The van der Waals surface area contributed by atoms with E-state index in [0.29, 0.717) is 16.9 Å². The lowest BCUT2D eigenvalue weighted by molar-refractivity contribution is 0.102. The number of nitrogens with one attached hydrogen (secondary N) is 1. The van der Waals surface area contributed by atoms with Gasteiger partial charge in [0.05, 0.1) is 11.4 Å². The summed E-state index contributed by atoms with van der Waals surface area (Å²) in [5, 5.41) is 2.87. The van der Waals surface area contributed by atoms with Crippen molar-refractivity contribution in [3.8, 4) is 5.69 Å². The molecule has 0 saturated heterocycles. The first-order chi connectivity index (χ1) is 15.1. The fourth-order valence-corrected chi connectivity index (χ4v) is 3.78. The van der Waals surface area contributed by atoms with E-state index in [-0.39, 0.29) is 11.5 Å². The Hall–Kier alpha value is -3.86. The van der Waals surface area contributed by atoms with E-state index in [2.05, 4.69) is 17.4 Å². The first-order valence-corrected chi connectivity index (χ1v) is 10.3. The molecule has 1 amide bonds. The minimum Gasteiger partial charge on any atom is -0.316 e. The van der Waals surface area contributed by atoms with Gasteiger partial charge in [-0.25, -0.2) is 4.68 Å². The molecule has 3 aromatic carbocycles. The van der Waals surface area contributed by atoms with E-state index in [1.54, 1.807) is 9.36 Å². The van der Waals surface area contributed by atoms with Crippen LogP contribution in [-0.2, 0) is 19.9 Å². The third kappa shape index (κ3) is 4.21. The lowest BCUT2D eigenvalue weighted by atomic mass is 9.99. The van der Waals surface area contributed by atoms with E-state index in [9.17, 15) is 9.59 Å². The number of benzene rings is 3. The third-order valence-corrected chi connectivity index (χ3v) is 5.58. The quantitative estimate of drug-likeness (QED) is 0.507. The number of amides is 1. The molecule has 31 heavy (non-hydrogen) atoms. The van der Waals surface area contributed by atoms with Crippen LogP contribution in [0.3, 0.4) is 0 Å². The van der Waals surface area contributed by atoms with Gasteiger partial charge in [0.25, 0.3) is 11.5 Å². The molecule has 0 spiro atoms. The Labute approximate surface area is 181 Å². The zero-order valence-corrected chi connectivity index (χ0v) is 17.7. The molecule has 1 heterocycles. The van der Waals surface area contributed by atoms with Crippen LogP contribution in [0.1, 0.15) is 27.2 Å². The van der Waals surface area contributed by atoms with Crippen molar-refractivity contribution >= 4 is 11.6 Å². The average Bonchev–Trinajstić information content (AvgIpc) is 3.02. The number of carbonyl (C=O) groups is 1. The number of aromatic nitrogens is 2. The van der Waals surface area contributed by atoms with Crippen molar-refractivity contribution in [2.24, 2.45) is 7.05 Å². The monoisotopic (exact) mass is 411 g/mol. The van der Waals surface area contributed by atoms with E-state index >= 15 is 0 Å². The largest absolute Gasteiger partial charge is 0.316 e. The van der Waals surface area contributed by atoms with Crippen molar-refractivity contribution in [2.45, 2.75) is 19.8 Å². The van der Waals surface area contributed by atoms with Gasteiger partial charge in [-0.3, -0.25) is 14.3 Å². The van der Waals surface area contributed by atoms with Gasteiger partial charge in [-0.05, 0) is 49.1 Å². The first-order valence-electron chi connectivity index (χ1n) is 10.3. The second kappa shape index (κ2) is 8.88. The fourth-order valence-electron chi connectivity index (χ4n) is 3.78. The van der Waals surface area contributed by atoms with E-state index in [4.69, 9.17) is 0 Å². The van der Waals surface area contributed by atoms with Gasteiger partial charge in [-0.2, -0.15) is 0 Å². The minimum absolute atomic E-state index is 0.249. The van der Waals surface area contributed by atoms with Crippen molar-refractivity contribution in [3.05, 3.63) is 118 Å². The number of carbonyl (C=O) groups excluding carboxylic acids is 1. The third-order valence-electron chi connectivity index (χ3n) is 5.58.